The highest BCUT2D eigenvalue weighted by Gasteiger charge is 2.38. The lowest BCUT2D eigenvalue weighted by Gasteiger charge is -2.19. The number of nitrogens with one attached hydrogen (secondary N) is 1. The molecule has 0 unspecified atom stereocenters. The van der Waals surface area contributed by atoms with Crippen LogP contribution in [0, 0.1) is 6.92 Å². The van der Waals surface area contributed by atoms with Crippen molar-refractivity contribution in [3.8, 4) is 11.5 Å². The second-order valence-electron chi connectivity index (χ2n) is 8.78. The van der Waals surface area contributed by atoms with Crippen molar-refractivity contribution in [2.75, 3.05) is 25.6 Å². The van der Waals surface area contributed by atoms with Gasteiger partial charge in [0.05, 0.1) is 30.4 Å². The first kappa shape index (κ1) is 24.1. The molecule has 34 heavy (non-hydrogen) atoms. The zero-order valence-corrected chi connectivity index (χ0v) is 19.6. The molecule has 3 aromatic rings. The maximum absolute atomic E-state index is 13.2. The Labute approximate surface area is 196 Å². The third-order valence-corrected chi connectivity index (χ3v) is 5.91. The van der Waals surface area contributed by atoms with Crippen LogP contribution < -0.4 is 14.8 Å². The molecular formula is C25H28F3N3O3. The molecular weight excluding hydrogens is 447 g/mol. The average Bonchev–Trinajstić information content (AvgIpc) is 3.53. The monoisotopic (exact) mass is 475 g/mol. The molecule has 1 atom stereocenters. The number of halogens is 3. The minimum Gasteiger partial charge on any atom is -0.493 e. The van der Waals surface area contributed by atoms with Gasteiger partial charge in [0.2, 0.25) is 0 Å². The maximum Gasteiger partial charge on any atom is 0.416 e. The van der Waals surface area contributed by atoms with Crippen molar-refractivity contribution in [3.05, 3.63) is 53.3 Å². The van der Waals surface area contributed by atoms with Crippen molar-refractivity contribution in [1.82, 2.24) is 9.97 Å². The summed E-state index contributed by atoms with van der Waals surface area (Å²) >= 11 is 0. The molecule has 1 aliphatic carbocycles. The average molecular weight is 476 g/mol. The summed E-state index contributed by atoms with van der Waals surface area (Å²) in [4.78, 5) is 9.00. The van der Waals surface area contributed by atoms with Crippen molar-refractivity contribution in [2.24, 2.45) is 0 Å². The van der Waals surface area contributed by atoms with Gasteiger partial charge in [0, 0.05) is 17.5 Å². The van der Waals surface area contributed by atoms with Crippen LogP contribution in [0.25, 0.3) is 10.9 Å². The van der Waals surface area contributed by atoms with Gasteiger partial charge in [0.15, 0.2) is 11.5 Å². The summed E-state index contributed by atoms with van der Waals surface area (Å²) < 4.78 is 56.7. The highest BCUT2D eigenvalue weighted by Crippen LogP contribution is 2.39. The lowest BCUT2D eigenvalue weighted by Crippen LogP contribution is -2.15. The first-order valence-electron chi connectivity index (χ1n) is 11.1. The van der Waals surface area contributed by atoms with Crippen molar-refractivity contribution in [1.29, 1.82) is 0 Å². The minimum absolute atomic E-state index is 0.0289. The zero-order valence-electron chi connectivity index (χ0n) is 19.6. The molecule has 1 fully saturated rings. The molecule has 1 aliphatic rings. The lowest BCUT2D eigenvalue weighted by atomic mass is 10.0. The van der Waals surface area contributed by atoms with E-state index >= 15 is 0 Å². The number of nitrogens with zero attached hydrogens (tertiary/aromatic N) is 2. The van der Waals surface area contributed by atoms with Crippen LogP contribution >= 0.6 is 0 Å². The van der Waals surface area contributed by atoms with E-state index in [-0.39, 0.29) is 5.60 Å². The highest BCUT2D eigenvalue weighted by molar-refractivity contribution is 5.92. The molecule has 2 aromatic carbocycles. The molecule has 0 bridgehead atoms. The Morgan fingerprint density at radius 1 is 1.09 bits per heavy atom. The molecule has 6 nitrogen and oxygen atoms in total. The van der Waals surface area contributed by atoms with E-state index in [1.807, 2.05) is 0 Å². The summed E-state index contributed by atoms with van der Waals surface area (Å²) in [7, 11) is 1.55. The van der Waals surface area contributed by atoms with Crippen LogP contribution in [-0.4, -0.2) is 35.9 Å². The Kier molecular flexibility index (Phi) is 6.58. The minimum atomic E-state index is -4.41. The summed E-state index contributed by atoms with van der Waals surface area (Å²) in [5.41, 5.74) is 0.413. The van der Waals surface area contributed by atoms with Crippen LogP contribution in [0.2, 0.25) is 0 Å². The van der Waals surface area contributed by atoms with Gasteiger partial charge in [0.25, 0.3) is 0 Å². The third kappa shape index (κ3) is 5.52. The zero-order chi connectivity index (χ0) is 24.5. The predicted molar refractivity (Wildman–Crippen MR) is 123 cm³/mol. The molecule has 1 heterocycles. The van der Waals surface area contributed by atoms with E-state index in [0.717, 1.165) is 25.0 Å². The van der Waals surface area contributed by atoms with E-state index in [0.29, 0.717) is 52.8 Å². The van der Waals surface area contributed by atoms with Gasteiger partial charge in [-0.25, -0.2) is 9.97 Å². The number of aromatic nitrogens is 2. The third-order valence-electron chi connectivity index (χ3n) is 5.91. The van der Waals surface area contributed by atoms with E-state index in [2.05, 4.69) is 22.2 Å². The van der Waals surface area contributed by atoms with Crippen molar-refractivity contribution >= 4 is 16.7 Å². The van der Waals surface area contributed by atoms with Crippen LogP contribution in [0.15, 0.2) is 36.4 Å². The number of benzene rings is 2. The van der Waals surface area contributed by atoms with Gasteiger partial charge in [0.1, 0.15) is 18.2 Å². The molecule has 0 aliphatic heterocycles. The van der Waals surface area contributed by atoms with Crippen LogP contribution in [0.1, 0.15) is 49.7 Å². The Morgan fingerprint density at radius 2 is 1.85 bits per heavy atom. The standard InChI is InChI=1S/C25H28F3N3O3/c1-15(17-6-5-7-18(12-17)25(26,27)28)29-23-19-13-22(33-10-11-34-24(3)8-9-24)21(32-4)14-20(19)30-16(2)31-23/h5-7,12-15H,8-11H2,1-4H3,(H,29,30,31)/t15-/m1/s1. The molecule has 0 spiro atoms. The number of aryl methyl sites for hydroxylation is 1. The molecule has 9 heteroatoms. The Balaban J connectivity index is 1.60. The second-order valence-corrected chi connectivity index (χ2v) is 8.78. The Hall–Kier alpha value is -3.07. The molecule has 1 N–H and O–H groups in total. The normalized spacial score (nSPS) is 15.7. The van der Waals surface area contributed by atoms with Gasteiger partial charge >= 0.3 is 6.18 Å². The van der Waals surface area contributed by atoms with Crippen LogP contribution in [0.3, 0.4) is 0 Å². The van der Waals surface area contributed by atoms with Crippen LogP contribution in [-0.2, 0) is 10.9 Å². The summed E-state index contributed by atoms with van der Waals surface area (Å²) in [5, 5.41) is 3.92. The van der Waals surface area contributed by atoms with E-state index in [1.54, 1.807) is 39.2 Å². The highest BCUT2D eigenvalue weighted by atomic mass is 19.4. The SMILES string of the molecule is COc1cc2nc(C)nc(N[C@H](C)c3cccc(C(F)(F)F)c3)c2cc1OCCOC1(C)CC1. The smallest absolute Gasteiger partial charge is 0.416 e. The van der Waals surface area contributed by atoms with E-state index in [4.69, 9.17) is 14.2 Å². The number of hydrogen-bond donors (Lipinski definition) is 1. The lowest BCUT2D eigenvalue weighted by molar-refractivity contribution is -0.137. The van der Waals surface area contributed by atoms with E-state index in [9.17, 15) is 13.2 Å². The Bertz CT molecular complexity index is 1180. The number of ether oxygens (including phenoxy) is 3. The van der Waals surface area contributed by atoms with Crippen molar-refractivity contribution in [2.45, 2.75) is 51.4 Å². The molecule has 0 saturated heterocycles. The van der Waals surface area contributed by atoms with Gasteiger partial charge in [-0.05, 0) is 57.4 Å². The maximum atomic E-state index is 13.2. The van der Waals surface area contributed by atoms with Gasteiger partial charge in [-0.15, -0.1) is 0 Å². The van der Waals surface area contributed by atoms with Crippen LogP contribution in [0.4, 0.5) is 19.0 Å². The van der Waals surface area contributed by atoms with Crippen molar-refractivity contribution in [3.63, 3.8) is 0 Å². The molecule has 0 radical (unpaired) electrons. The Morgan fingerprint density at radius 3 is 2.53 bits per heavy atom. The summed E-state index contributed by atoms with van der Waals surface area (Å²) in [6.45, 7) is 6.43. The van der Waals surface area contributed by atoms with Gasteiger partial charge < -0.3 is 19.5 Å². The molecule has 182 valence electrons. The topological polar surface area (TPSA) is 65.5 Å². The van der Waals surface area contributed by atoms with E-state index in [1.165, 1.54) is 6.07 Å². The molecule has 4 rings (SSSR count). The first-order chi connectivity index (χ1) is 16.1. The number of hydrogen-bond acceptors (Lipinski definition) is 6. The fraction of sp³-hybridized carbons (Fsp3) is 0.440. The second kappa shape index (κ2) is 9.29. The van der Waals surface area contributed by atoms with Gasteiger partial charge in [-0.2, -0.15) is 13.2 Å². The van der Waals surface area contributed by atoms with Crippen LogP contribution in [0.5, 0.6) is 11.5 Å². The molecule has 1 aromatic heterocycles. The predicted octanol–water partition coefficient (Wildman–Crippen LogP) is 6.09. The first-order valence-corrected chi connectivity index (χ1v) is 11.1. The largest absolute Gasteiger partial charge is 0.493 e. The quantitative estimate of drug-likeness (QED) is 0.378. The van der Waals surface area contributed by atoms with Gasteiger partial charge in [-0.1, -0.05) is 12.1 Å². The summed E-state index contributed by atoms with van der Waals surface area (Å²) in [6, 6.07) is 8.38. The number of alkyl halides is 3. The van der Waals surface area contributed by atoms with E-state index < -0.39 is 17.8 Å². The number of rotatable bonds is 9. The summed E-state index contributed by atoms with van der Waals surface area (Å²) in [6.07, 6.45) is -2.29. The van der Waals surface area contributed by atoms with Crippen molar-refractivity contribution < 1.29 is 27.4 Å². The fourth-order valence-electron chi connectivity index (χ4n) is 3.67. The molecule has 0 amide bonds. The summed E-state index contributed by atoms with van der Waals surface area (Å²) in [5.74, 6) is 2.07. The molecule has 1 saturated carbocycles. The number of anilines is 1. The van der Waals surface area contributed by atoms with Gasteiger partial charge in [-0.3, -0.25) is 0 Å². The number of methoxy groups -OCH3 is 1. The number of fused-ring (bicyclic) bond motifs is 1. The fourth-order valence-corrected chi connectivity index (χ4v) is 3.67.